The van der Waals surface area contributed by atoms with Crippen LogP contribution < -0.4 is 15.4 Å². The second kappa shape index (κ2) is 6.29. The number of nitrogens with two attached hydrogens (primary N) is 1. The van der Waals surface area contributed by atoms with Crippen molar-refractivity contribution < 1.29 is 4.74 Å². The predicted octanol–water partition coefficient (Wildman–Crippen LogP) is 3.18. The first kappa shape index (κ1) is 14.2. The summed E-state index contributed by atoms with van der Waals surface area (Å²) < 4.78 is 6.29. The fraction of sp³-hybridized carbons (Fsp3) is 0.625. The van der Waals surface area contributed by atoms with Gasteiger partial charge in [0.1, 0.15) is 11.4 Å². The van der Waals surface area contributed by atoms with Crippen LogP contribution in [0, 0.1) is 0 Å². The maximum absolute atomic E-state index is 6.29. The molecule has 1 heterocycles. The molecule has 0 aliphatic carbocycles. The summed E-state index contributed by atoms with van der Waals surface area (Å²) in [7, 11) is 0. The fourth-order valence-electron chi connectivity index (χ4n) is 2.77. The number of hydrogen-bond donors (Lipinski definition) is 1. The van der Waals surface area contributed by atoms with Gasteiger partial charge in [0.2, 0.25) is 0 Å². The lowest BCUT2D eigenvalue weighted by Gasteiger charge is -2.44. The molecule has 3 nitrogen and oxygen atoms in total. The zero-order valence-electron chi connectivity index (χ0n) is 12.2. The highest BCUT2D eigenvalue weighted by Gasteiger charge is 2.36. The van der Waals surface area contributed by atoms with Crippen LogP contribution >= 0.6 is 0 Å². The highest BCUT2D eigenvalue weighted by molar-refractivity contribution is 5.60. The number of nitrogens with zero attached hydrogens (tertiary/aromatic N) is 1. The molecule has 0 amide bonds. The maximum Gasteiger partial charge on any atom is 0.143 e. The van der Waals surface area contributed by atoms with Gasteiger partial charge in [0.05, 0.1) is 12.2 Å². The molecule has 2 N–H and O–H groups in total. The number of hydrogen-bond acceptors (Lipinski definition) is 3. The van der Waals surface area contributed by atoms with E-state index in [1.54, 1.807) is 0 Å². The molecule has 0 radical (unpaired) electrons. The van der Waals surface area contributed by atoms with Crippen LogP contribution in [-0.2, 0) is 0 Å². The largest absolute Gasteiger partial charge is 0.483 e. The molecule has 19 heavy (non-hydrogen) atoms. The second-order valence-corrected chi connectivity index (χ2v) is 5.38. The Kier molecular flexibility index (Phi) is 4.70. The lowest BCUT2D eigenvalue weighted by atomic mass is 9.93. The van der Waals surface area contributed by atoms with Crippen molar-refractivity contribution >= 4 is 5.69 Å². The minimum atomic E-state index is -0.0307. The van der Waals surface area contributed by atoms with Crippen molar-refractivity contribution in [3.63, 3.8) is 0 Å². The van der Waals surface area contributed by atoms with Crippen LogP contribution in [0.25, 0.3) is 0 Å². The van der Waals surface area contributed by atoms with Crippen molar-refractivity contribution in [3.05, 3.63) is 24.3 Å². The molecule has 106 valence electrons. The third-order valence-corrected chi connectivity index (χ3v) is 4.18. The highest BCUT2D eigenvalue weighted by Crippen LogP contribution is 2.39. The molecular formula is C16H26N2O. The van der Waals surface area contributed by atoms with Crippen molar-refractivity contribution in [2.75, 3.05) is 24.5 Å². The fourth-order valence-corrected chi connectivity index (χ4v) is 2.77. The minimum Gasteiger partial charge on any atom is -0.483 e. The third kappa shape index (κ3) is 3.03. The summed E-state index contributed by atoms with van der Waals surface area (Å²) in [5.41, 5.74) is 6.80. The molecule has 0 bridgehead atoms. The lowest BCUT2D eigenvalue weighted by molar-refractivity contribution is 0.0574. The summed E-state index contributed by atoms with van der Waals surface area (Å²) in [4.78, 5) is 2.47. The van der Waals surface area contributed by atoms with E-state index in [1.165, 1.54) is 5.69 Å². The van der Waals surface area contributed by atoms with E-state index < -0.39 is 0 Å². The SMILES string of the molecule is CCC1(CC)CN(CCCCN)c2ccccc2O1. The molecule has 1 aromatic rings. The van der Waals surface area contributed by atoms with Gasteiger partial charge in [-0.1, -0.05) is 26.0 Å². The monoisotopic (exact) mass is 262 g/mol. The summed E-state index contributed by atoms with van der Waals surface area (Å²) >= 11 is 0. The number of unbranched alkanes of at least 4 members (excludes halogenated alkanes) is 1. The molecule has 0 aromatic heterocycles. The van der Waals surface area contributed by atoms with Gasteiger partial charge in [-0.25, -0.2) is 0 Å². The van der Waals surface area contributed by atoms with Gasteiger partial charge in [-0.3, -0.25) is 0 Å². The summed E-state index contributed by atoms with van der Waals surface area (Å²) in [5.74, 6) is 1.03. The highest BCUT2D eigenvalue weighted by atomic mass is 16.5. The van der Waals surface area contributed by atoms with E-state index in [0.717, 1.165) is 51.1 Å². The Morgan fingerprint density at radius 1 is 1.21 bits per heavy atom. The quantitative estimate of drug-likeness (QED) is 0.800. The van der Waals surface area contributed by atoms with Gasteiger partial charge < -0.3 is 15.4 Å². The number of benzene rings is 1. The van der Waals surface area contributed by atoms with Crippen molar-refractivity contribution in [2.24, 2.45) is 5.73 Å². The molecule has 0 unspecified atom stereocenters. The number of ether oxygens (including phenoxy) is 1. The number of anilines is 1. The van der Waals surface area contributed by atoms with E-state index in [9.17, 15) is 0 Å². The van der Waals surface area contributed by atoms with Crippen LogP contribution in [-0.4, -0.2) is 25.2 Å². The molecule has 3 heteroatoms. The first-order chi connectivity index (χ1) is 9.24. The smallest absolute Gasteiger partial charge is 0.143 e. The average Bonchev–Trinajstić information content (AvgIpc) is 2.47. The Morgan fingerprint density at radius 3 is 2.63 bits per heavy atom. The van der Waals surface area contributed by atoms with E-state index in [1.807, 2.05) is 0 Å². The van der Waals surface area contributed by atoms with Crippen LogP contribution in [0.1, 0.15) is 39.5 Å². The van der Waals surface area contributed by atoms with Crippen molar-refractivity contribution in [3.8, 4) is 5.75 Å². The van der Waals surface area contributed by atoms with E-state index in [4.69, 9.17) is 10.5 Å². The van der Waals surface area contributed by atoms with Crippen molar-refractivity contribution in [2.45, 2.75) is 45.1 Å². The van der Waals surface area contributed by atoms with E-state index >= 15 is 0 Å². The molecule has 0 atom stereocenters. The Balaban J connectivity index is 2.21. The molecular weight excluding hydrogens is 236 g/mol. The molecule has 2 rings (SSSR count). The van der Waals surface area contributed by atoms with Crippen LogP contribution in [0.2, 0.25) is 0 Å². The molecule has 1 aliphatic rings. The topological polar surface area (TPSA) is 38.5 Å². The number of fused-ring (bicyclic) bond motifs is 1. The first-order valence-electron chi connectivity index (χ1n) is 7.47. The van der Waals surface area contributed by atoms with Gasteiger partial charge in [-0.2, -0.15) is 0 Å². The second-order valence-electron chi connectivity index (χ2n) is 5.38. The standard InChI is InChI=1S/C16H26N2O/c1-3-16(4-2)13-18(12-8-7-11-17)14-9-5-6-10-15(14)19-16/h5-6,9-10H,3-4,7-8,11-13,17H2,1-2H3. The molecule has 0 saturated carbocycles. The molecule has 1 aromatic carbocycles. The third-order valence-electron chi connectivity index (χ3n) is 4.18. The van der Waals surface area contributed by atoms with Crippen LogP contribution in [0.3, 0.4) is 0 Å². The average molecular weight is 262 g/mol. The molecule has 0 saturated heterocycles. The first-order valence-corrected chi connectivity index (χ1v) is 7.47. The van der Waals surface area contributed by atoms with Gasteiger partial charge in [0.15, 0.2) is 0 Å². The van der Waals surface area contributed by atoms with Crippen LogP contribution in [0.5, 0.6) is 5.75 Å². The number of rotatable bonds is 6. The van der Waals surface area contributed by atoms with Crippen LogP contribution in [0.4, 0.5) is 5.69 Å². The number of para-hydroxylation sites is 2. The van der Waals surface area contributed by atoms with E-state index in [-0.39, 0.29) is 5.60 Å². The van der Waals surface area contributed by atoms with Gasteiger partial charge in [0.25, 0.3) is 0 Å². The summed E-state index contributed by atoms with van der Waals surface area (Å²) in [6.45, 7) is 7.27. The van der Waals surface area contributed by atoms with Gasteiger partial charge in [0, 0.05) is 6.54 Å². The lowest BCUT2D eigenvalue weighted by Crippen LogP contribution is -2.50. The Bertz CT molecular complexity index is 401. The normalized spacial score (nSPS) is 16.9. The Morgan fingerprint density at radius 2 is 1.95 bits per heavy atom. The zero-order valence-corrected chi connectivity index (χ0v) is 12.2. The summed E-state index contributed by atoms with van der Waals surface area (Å²) in [6, 6.07) is 8.39. The van der Waals surface area contributed by atoms with E-state index in [0.29, 0.717) is 0 Å². The zero-order chi connectivity index (χ0) is 13.7. The van der Waals surface area contributed by atoms with Crippen molar-refractivity contribution in [1.82, 2.24) is 0 Å². The van der Waals surface area contributed by atoms with Gasteiger partial charge in [-0.05, 0) is 44.4 Å². The maximum atomic E-state index is 6.29. The van der Waals surface area contributed by atoms with Gasteiger partial charge >= 0.3 is 0 Å². The van der Waals surface area contributed by atoms with Crippen LogP contribution in [0.15, 0.2) is 24.3 Å². The molecule has 1 aliphatic heterocycles. The Labute approximate surface area is 116 Å². The van der Waals surface area contributed by atoms with E-state index in [2.05, 4.69) is 43.0 Å². The minimum absolute atomic E-state index is 0.0307. The predicted molar refractivity (Wildman–Crippen MR) is 80.9 cm³/mol. The summed E-state index contributed by atoms with van der Waals surface area (Å²) in [5, 5.41) is 0. The molecule has 0 fully saturated rings. The molecule has 0 spiro atoms. The summed E-state index contributed by atoms with van der Waals surface area (Å²) in [6.07, 6.45) is 4.33. The van der Waals surface area contributed by atoms with Gasteiger partial charge in [-0.15, -0.1) is 0 Å². The van der Waals surface area contributed by atoms with Crippen molar-refractivity contribution in [1.29, 1.82) is 0 Å². The Hall–Kier alpha value is -1.22.